The number of aliphatic imine (C=N–C) groups is 1. The van der Waals surface area contributed by atoms with Crippen molar-refractivity contribution < 1.29 is 9.90 Å². The van der Waals surface area contributed by atoms with Gasteiger partial charge in [-0.3, -0.25) is 4.79 Å². The van der Waals surface area contributed by atoms with Crippen LogP contribution >= 0.6 is 23.2 Å². The molecule has 1 N–H and O–H groups in total. The first-order valence-corrected chi connectivity index (χ1v) is 12.8. The highest BCUT2D eigenvalue weighted by atomic mass is 35.5. The van der Waals surface area contributed by atoms with E-state index in [1.54, 1.807) is 6.92 Å². The maximum absolute atomic E-state index is 12.3. The molecule has 2 aliphatic heterocycles. The number of piperazine rings is 1. The molecular formula is C28H28Cl2N4O2. The van der Waals surface area contributed by atoms with Gasteiger partial charge in [0.25, 0.3) is 0 Å². The van der Waals surface area contributed by atoms with Crippen molar-refractivity contribution >= 4 is 52.2 Å². The molecule has 186 valence electrons. The predicted octanol–water partition coefficient (Wildman–Crippen LogP) is 6.39. The number of carboxylic acid groups (broad SMARTS) is 1. The van der Waals surface area contributed by atoms with Gasteiger partial charge in [0, 0.05) is 53.2 Å². The summed E-state index contributed by atoms with van der Waals surface area (Å²) in [6.07, 6.45) is 0. The molecule has 2 heterocycles. The van der Waals surface area contributed by atoms with Gasteiger partial charge < -0.3 is 19.8 Å². The number of para-hydroxylation sites is 1. The van der Waals surface area contributed by atoms with Gasteiger partial charge in [-0.05, 0) is 61.9 Å². The number of aliphatic carboxylic acids is 1. The van der Waals surface area contributed by atoms with Crippen molar-refractivity contribution in [2.45, 2.75) is 19.9 Å². The van der Waals surface area contributed by atoms with Crippen LogP contribution in [0.4, 0.5) is 17.1 Å². The Morgan fingerprint density at radius 2 is 1.64 bits per heavy atom. The molecule has 5 rings (SSSR count). The Morgan fingerprint density at radius 3 is 2.33 bits per heavy atom. The number of rotatable bonds is 4. The topological polar surface area (TPSA) is 59.4 Å². The minimum absolute atomic E-state index is 0.419. The molecule has 0 spiro atoms. The molecule has 3 aromatic carbocycles. The van der Waals surface area contributed by atoms with E-state index in [9.17, 15) is 9.90 Å². The van der Waals surface area contributed by atoms with E-state index in [-0.39, 0.29) is 0 Å². The molecule has 0 amide bonds. The van der Waals surface area contributed by atoms with Crippen molar-refractivity contribution in [2.24, 2.45) is 10.9 Å². The van der Waals surface area contributed by atoms with Gasteiger partial charge >= 0.3 is 5.97 Å². The third-order valence-corrected chi connectivity index (χ3v) is 7.46. The van der Waals surface area contributed by atoms with Gasteiger partial charge in [-0.25, -0.2) is 4.99 Å². The van der Waals surface area contributed by atoms with Crippen molar-refractivity contribution in [3.8, 4) is 0 Å². The Hall–Kier alpha value is -3.22. The fraction of sp³-hybridized carbons (Fsp3) is 0.286. The van der Waals surface area contributed by atoms with Gasteiger partial charge in [-0.15, -0.1) is 0 Å². The fourth-order valence-electron chi connectivity index (χ4n) is 5.10. The number of halogens is 2. The summed E-state index contributed by atoms with van der Waals surface area (Å²) in [5.41, 5.74) is 4.69. The van der Waals surface area contributed by atoms with E-state index in [4.69, 9.17) is 28.2 Å². The molecule has 0 bridgehead atoms. The van der Waals surface area contributed by atoms with Crippen molar-refractivity contribution in [1.29, 1.82) is 0 Å². The van der Waals surface area contributed by atoms with Gasteiger partial charge in [0.1, 0.15) is 0 Å². The van der Waals surface area contributed by atoms with Crippen LogP contribution in [-0.2, 0) is 4.79 Å². The van der Waals surface area contributed by atoms with E-state index in [1.807, 2.05) is 67.6 Å². The first kappa shape index (κ1) is 24.5. The number of anilines is 2. The zero-order valence-corrected chi connectivity index (χ0v) is 21.7. The molecule has 2 aliphatic rings. The molecule has 0 aliphatic carbocycles. The molecule has 3 aromatic rings. The van der Waals surface area contributed by atoms with Crippen molar-refractivity contribution in [1.82, 2.24) is 4.90 Å². The van der Waals surface area contributed by atoms with Crippen molar-refractivity contribution in [3.05, 3.63) is 87.9 Å². The second-order valence-electron chi connectivity index (χ2n) is 9.30. The lowest BCUT2D eigenvalue weighted by atomic mass is 9.89. The van der Waals surface area contributed by atoms with Crippen molar-refractivity contribution in [2.75, 3.05) is 36.0 Å². The van der Waals surface area contributed by atoms with E-state index in [0.29, 0.717) is 5.02 Å². The van der Waals surface area contributed by atoms with Gasteiger partial charge in [0.2, 0.25) is 5.96 Å². The Morgan fingerprint density at radius 1 is 0.944 bits per heavy atom. The van der Waals surface area contributed by atoms with Gasteiger partial charge in [-0.2, -0.15) is 0 Å². The quantitative estimate of drug-likeness (QED) is 0.429. The summed E-state index contributed by atoms with van der Waals surface area (Å²) in [5.74, 6) is -0.749. The number of carbonyl (C=O) groups is 1. The highest BCUT2D eigenvalue weighted by Crippen LogP contribution is 2.44. The van der Waals surface area contributed by atoms with E-state index < -0.39 is 17.9 Å². The zero-order valence-electron chi connectivity index (χ0n) is 20.2. The van der Waals surface area contributed by atoms with Crippen molar-refractivity contribution in [3.63, 3.8) is 0 Å². The number of nitrogens with zero attached hydrogens (tertiary/aromatic N) is 4. The monoisotopic (exact) mass is 522 g/mol. The average molecular weight is 523 g/mol. The normalized spacial score (nSPS) is 18.5. The smallest absolute Gasteiger partial charge is 0.308 e. The van der Waals surface area contributed by atoms with Gasteiger partial charge in [0.05, 0.1) is 17.6 Å². The van der Waals surface area contributed by atoms with E-state index >= 15 is 0 Å². The number of aryl methyl sites for hydroxylation is 1. The van der Waals surface area contributed by atoms with Crippen LogP contribution in [0.3, 0.4) is 0 Å². The summed E-state index contributed by atoms with van der Waals surface area (Å²) < 4.78 is 0. The maximum Gasteiger partial charge on any atom is 0.308 e. The van der Waals surface area contributed by atoms with Crippen LogP contribution < -0.4 is 9.80 Å². The average Bonchev–Trinajstić information content (AvgIpc) is 2.87. The minimum Gasteiger partial charge on any atom is -0.481 e. The number of fused-ring (bicyclic) bond motifs is 1. The van der Waals surface area contributed by atoms with Gasteiger partial charge in [0.15, 0.2) is 0 Å². The summed E-state index contributed by atoms with van der Waals surface area (Å²) in [5, 5.41) is 11.5. The van der Waals surface area contributed by atoms with E-state index in [2.05, 4.69) is 20.8 Å². The van der Waals surface area contributed by atoms with Crippen LogP contribution in [0.1, 0.15) is 24.1 Å². The molecule has 36 heavy (non-hydrogen) atoms. The summed E-state index contributed by atoms with van der Waals surface area (Å²) in [4.78, 5) is 24.1. The standard InChI is InChI=1S/C28H28Cl2N4O2/c1-18-16-21(30)10-11-25(18)34-26(19(2)27(35)36)23-8-3-4-9-24(23)31-28(34)33-14-12-32(13-15-33)22-7-5-6-20(29)17-22/h3-11,16-17,19,26H,12-15H2,1-2H3,(H,35,36). The highest BCUT2D eigenvalue weighted by molar-refractivity contribution is 6.31. The highest BCUT2D eigenvalue weighted by Gasteiger charge is 2.40. The summed E-state index contributed by atoms with van der Waals surface area (Å²) in [7, 11) is 0. The maximum atomic E-state index is 12.3. The summed E-state index contributed by atoms with van der Waals surface area (Å²) in [6.45, 7) is 6.85. The molecule has 1 saturated heterocycles. The largest absolute Gasteiger partial charge is 0.481 e. The van der Waals surface area contributed by atoms with Crippen LogP contribution in [0.2, 0.25) is 10.0 Å². The van der Waals surface area contributed by atoms with E-state index in [1.165, 1.54) is 0 Å². The molecule has 8 heteroatoms. The van der Waals surface area contributed by atoms with Crippen LogP contribution in [0.5, 0.6) is 0 Å². The lowest BCUT2D eigenvalue weighted by Gasteiger charge is -2.46. The van der Waals surface area contributed by atoms with Crippen LogP contribution in [0, 0.1) is 12.8 Å². The summed E-state index contributed by atoms with van der Waals surface area (Å²) >= 11 is 12.5. The molecule has 1 fully saturated rings. The number of hydrogen-bond acceptors (Lipinski definition) is 5. The molecule has 0 aromatic heterocycles. The first-order chi connectivity index (χ1) is 17.3. The molecule has 2 unspecified atom stereocenters. The molecule has 0 saturated carbocycles. The number of hydrogen-bond donors (Lipinski definition) is 1. The fourth-order valence-corrected chi connectivity index (χ4v) is 5.51. The Labute approximate surface area is 221 Å². The Bertz CT molecular complexity index is 1320. The lowest BCUT2D eigenvalue weighted by molar-refractivity contribution is -0.141. The zero-order chi connectivity index (χ0) is 25.4. The molecule has 6 nitrogen and oxygen atoms in total. The van der Waals surface area contributed by atoms with Crippen LogP contribution in [-0.4, -0.2) is 48.1 Å². The third kappa shape index (κ3) is 4.63. The van der Waals surface area contributed by atoms with Crippen LogP contribution in [0.25, 0.3) is 0 Å². The van der Waals surface area contributed by atoms with Crippen LogP contribution in [0.15, 0.2) is 71.7 Å². The van der Waals surface area contributed by atoms with E-state index in [0.717, 1.165) is 65.4 Å². The molecular weight excluding hydrogens is 495 g/mol. The third-order valence-electron chi connectivity index (χ3n) is 6.99. The molecule has 2 atom stereocenters. The number of guanidine groups is 1. The Kier molecular flexibility index (Phi) is 6.82. The lowest BCUT2D eigenvalue weighted by Crippen LogP contribution is -2.56. The molecule has 0 radical (unpaired) electrons. The second-order valence-corrected chi connectivity index (χ2v) is 10.2. The SMILES string of the molecule is Cc1cc(Cl)ccc1N1C(N2CCN(c3cccc(Cl)c3)CC2)=Nc2ccccc2C1C(C)C(=O)O. The first-order valence-electron chi connectivity index (χ1n) is 12.0. The predicted molar refractivity (Wildman–Crippen MR) is 147 cm³/mol. The summed E-state index contributed by atoms with van der Waals surface area (Å²) in [6, 6.07) is 21.0. The second kappa shape index (κ2) is 10.0. The Balaban J connectivity index is 1.56. The minimum atomic E-state index is -0.849. The number of carboxylic acids is 1. The number of benzene rings is 3. The van der Waals surface area contributed by atoms with Gasteiger partial charge in [-0.1, -0.05) is 47.5 Å².